The summed E-state index contributed by atoms with van der Waals surface area (Å²) in [6.07, 6.45) is 1.35. The van der Waals surface area contributed by atoms with E-state index in [-0.39, 0.29) is 5.56 Å². The standard InChI is InChI=1S/C13H14N2O3/c1-14(2)8-4-5-11-9(6-8)12(16)10(13(17)18)7-15(11)3/h4-7H,1-3H3,(H,17,18). The molecule has 1 N–H and O–H groups in total. The molecular weight excluding hydrogens is 232 g/mol. The van der Waals surface area contributed by atoms with Crippen molar-refractivity contribution < 1.29 is 9.90 Å². The molecule has 0 aliphatic rings. The number of aryl methyl sites for hydroxylation is 1. The number of benzene rings is 1. The topological polar surface area (TPSA) is 62.5 Å². The molecule has 2 rings (SSSR count). The predicted octanol–water partition coefficient (Wildman–Crippen LogP) is 1.30. The molecule has 5 heteroatoms. The highest BCUT2D eigenvalue weighted by Crippen LogP contribution is 2.18. The number of fused-ring (bicyclic) bond motifs is 1. The molecule has 0 bridgehead atoms. The zero-order valence-electron chi connectivity index (χ0n) is 10.5. The predicted molar refractivity (Wildman–Crippen MR) is 70.5 cm³/mol. The number of carboxylic acid groups (broad SMARTS) is 1. The zero-order chi connectivity index (χ0) is 13.4. The summed E-state index contributed by atoms with van der Waals surface area (Å²) in [5, 5.41) is 9.42. The summed E-state index contributed by atoms with van der Waals surface area (Å²) in [6.45, 7) is 0. The van der Waals surface area contributed by atoms with E-state index in [2.05, 4.69) is 0 Å². The number of pyridine rings is 1. The van der Waals surface area contributed by atoms with Crippen LogP contribution >= 0.6 is 0 Å². The Morgan fingerprint density at radius 2 is 2.00 bits per heavy atom. The summed E-state index contributed by atoms with van der Waals surface area (Å²) in [5.74, 6) is -1.20. The Bertz CT molecular complexity index is 686. The molecule has 1 aromatic heterocycles. The molecular formula is C13H14N2O3. The van der Waals surface area contributed by atoms with Gasteiger partial charge in [-0.15, -0.1) is 0 Å². The Balaban J connectivity index is 2.87. The highest BCUT2D eigenvalue weighted by Gasteiger charge is 2.13. The van der Waals surface area contributed by atoms with Crippen molar-refractivity contribution in [1.82, 2.24) is 4.57 Å². The molecule has 0 atom stereocenters. The number of hydrogen-bond donors (Lipinski definition) is 1. The molecule has 2 aromatic rings. The monoisotopic (exact) mass is 246 g/mol. The number of anilines is 1. The average Bonchev–Trinajstić information content (AvgIpc) is 2.32. The Labute approximate surface area is 104 Å². The van der Waals surface area contributed by atoms with Crippen molar-refractivity contribution in [3.05, 3.63) is 40.2 Å². The minimum Gasteiger partial charge on any atom is -0.477 e. The molecule has 0 aliphatic carbocycles. The van der Waals surface area contributed by atoms with Crippen LogP contribution in [0.1, 0.15) is 10.4 Å². The second-order valence-electron chi connectivity index (χ2n) is 4.38. The lowest BCUT2D eigenvalue weighted by Crippen LogP contribution is -2.18. The molecule has 0 amide bonds. The van der Waals surface area contributed by atoms with Crippen molar-refractivity contribution >= 4 is 22.6 Å². The first-order chi connectivity index (χ1) is 8.41. The number of nitrogens with zero attached hydrogens (tertiary/aromatic N) is 2. The molecule has 18 heavy (non-hydrogen) atoms. The third-order valence-electron chi connectivity index (χ3n) is 2.92. The van der Waals surface area contributed by atoms with Gasteiger partial charge in [0.25, 0.3) is 0 Å². The molecule has 0 radical (unpaired) electrons. The number of carbonyl (C=O) groups is 1. The van der Waals surface area contributed by atoms with E-state index in [4.69, 9.17) is 5.11 Å². The quantitative estimate of drug-likeness (QED) is 0.867. The maximum atomic E-state index is 12.1. The van der Waals surface area contributed by atoms with Crippen molar-refractivity contribution in [3.8, 4) is 0 Å². The van der Waals surface area contributed by atoms with Gasteiger partial charge in [-0.1, -0.05) is 0 Å². The molecule has 0 spiro atoms. The van der Waals surface area contributed by atoms with Gasteiger partial charge < -0.3 is 14.6 Å². The van der Waals surface area contributed by atoms with Gasteiger partial charge in [-0.25, -0.2) is 4.79 Å². The molecule has 94 valence electrons. The van der Waals surface area contributed by atoms with Crippen LogP contribution in [0.2, 0.25) is 0 Å². The van der Waals surface area contributed by atoms with Gasteiger partial charge >= 0.3 is 5.97 Å². The van der Waals surface area contributed by atoms with Gasteiger partial charge in [0.05, 0.1) is 5.52 Å². The van der Waals surface area contributed by atoms with E-state index in [1.807, 2.05) is 31.1 Å². The van der Waals surface area contributed by atoms with Crippen LogP contribution in [0.4, 0.5) is 5.69 Å². The van der Waals surface area contributed by atoms with E-state index < -0.39 is 11.4 Å². The Morgan fingerprint density at radius 3 is 2.56 bits per heavy atom. The number of aromatic nitrogens is 1. The average molecular weight is 246 g/mol. The van der Waals surface area contributed by atoms with Crippen molar-refractivity contribution in [1.29, 1.82) is 0 Å². The fourth-order valence-electron chi connectivity index (χ4n) is 1.91. The Kier molecular flexibility index (Phi) is 2.82. The van der Waals surface area contributed by atoms with Gasteiger partial charge in [-0.2, -0.15) is 0 Å². The maximum absolute atomic E-state index is 12.1. The summed E-state index contributed by atoms with van der Waals surface area (Å²) >= 11 is 0. The first-order valence-corrected chi connectivity index (χ1v) is 5.46. The normalized spacial score (nSPS) is 10.6. The lowest BCUT2D eigenvalue weighted by atomic mass is 10.1. The minimum absolute atomic E-state index is 0.207. The zero-order valence-corrected chi connectivity index (χ0v) is 10.5. The van der Waals surface area contributed by atoms with Crippen molar-refractivity contribution in [3.63, 3.8) is 0 Å². The fraction of sp³-hybridized carbons (Fsp3) is 0.231. The van der Waals surface area contributed by atoms with Crippen LogP contribution < -0.4 is 10.3 Å². The van der Waals surface area contributed by atoms with E-state index in [1.165, 1.54) is 6.20 Å². The summed E-state index contributed by atoms with van der Waals surface area (Å²) < 4.78 is 1.65. The summed E-state index contributed by atoms with van der Waals surface area (Å²) in [4.78, 5) is 25.0. The van der Waals surface area contributed by atoms with Crippen LogP contribution in [0, 0.1) is 0 Å². The third-order valence-corrected chi connectivity index (χ3v) is 2.92. The number of rotatable bonds is 2. The highest BCUT2D eigenvalue weighted by molar-refractivity contribution is 5.93. The maximum Gasteiger partial charge on any atom is 0.341 e. The highest BCUT2D eigenvalue weighted by atomic mass is 16.4. The van der Waals surface area contributed by atoms with Crippen molar-refractivity contribution in [2.75, 3.05) is 19.0 Å². The van der Waals surface area contributed by atoms with Crippen LogP contribution in [0.3, 0.4) is 0 Å². The van der Waals surface area contributed by atoms with Gasteiger partial charge in [0, 0.05) is 38.4 Å². The van der Waals surface area contributed by atoms with Crippen LogP contribution in [0.25, 0.3) is 10.9 Å². The molecule has 0 saturated carbocycles. The largest absolute Gasteiger partial charge is 0.477 e. The summed E-state index contributed by atoms with van der Waals surface area (Å²) in [6, 6.07) is 5.42. The van der Waals surface area contributed by atoms with Gasteiger partial charge in [-0.05, 0) is 18.2 Å². The second-order valence-corrected chi connectivity index (χ2v) is 4.38. The smallest absolute Gasteiger partial charge is 0.341 e. The van der Waals surface area contributed by atoms with Crippen LogP contribution in [-0.2, 0) is 7.05 Å². The molecule has 1 aromatic carbocycles. The van der Waals surface area contributed by atoms with Crippen LogP contribution in [0.15, 0.2) is 29.2 Å². The van der Waals surface area contributed by atoms with Gasteiger partial charge in [0.15, 0.2) is 0 Å². The molecule has 0 fully saturated rings. The molecule has 0 saturated heterocycles. The van der Waals surface area contributed by atoms with Crippen LogP contribution in [-0.4, -0.2) is 29.7 Å². The van der Waals surface area contributed by atoms with Gasteiger partial charge in [0.2, 0.25) is 5.43 Å². The van der Waals surface area contributed by atoms with Gasteiger partial charge in [0.1, 0.15) is 5.56 Å². The minimum atomic E-state index is -1.20. The van der Waals surface area contributed by atoms with Gasteiger partial charge in [-0.3, -0.25) is 4.79 Å². The first-order valence-electron chi connectivity index (χ1n) is 5.46. The van der Waals surface area contributed by atoms with E-state index in [9.17, 15) is 9.59 Å². The molecule has 1 heterocycles. The number of hydrogen-bond acceptors (Lipinski definition) is 3. The van der Waals surface area contributed by atoms with E-state index in [1.54, 1.807) is 17.7 Å². The van der Waals surface area contributed by atoms with E-state index in [0.29, 0.717) is 5.39 Å². The Hall–Kier alpha value is -2.30. The summed E-state index contributed by atoms with van der Waals surface area (Å²) in [5.41, 5.74) is 0.929. The van der Waals surface area contributed by atoms with Crippen molar-refractivity contribution in [2.45, 2.75) is 0 Å². The molecule has 0 aliphatic heterocycles. The first kappa shape index (κ1) is 12.2. The second kappa shape index (κ2) is 4.18. The Morgan fingerprint density at radius 1 is 1.33 bits per heavy atom. The summed E-state index contributed by atoms with van der Waals surface area (Å²) in [7, 11) is 5.46. The molecule has 0 unspecified atom stereocenters. The third kappa shape index (κ3) is 1.84. The van der Waals surface area contributed by atoms with Crippen molar-refractivity contribution in [2.24, 2.45) is 7.05 Å². The van der Waals surface area contributed by atoms with Crippen LogP contribution in [0.5, 0.6) is 0 Å². The number of carboxylic acids is 1. The van der Waals surface area contributed by atoms with E-state index in [0.717, 1.165) is 11.2 Å². The SMILES string of the molecule is CN(C)c1ccc2c(c1)c(=O)c(C(=O)O)cn2C. The molecule has 5 nitrogen and oxygen atoms in total. The number of aromatic carboxylic acids is 1. The van der Waals surface area contributed by atoms with E-state index >= 15 is 0 Å². The lowest BCUT2D eigenvalue weighted by Gasteiger charge is -2.14. The lowest BCUT2D eigenvalue weighted by molar-refractivity contribution is 0.0695. The fourth-order valence-corrected chi connectivity index (χ4v) is 1.91.